The third-order valence-electron chi connectivity index (χ3n) is 3.30. The van der Waals surface area contributed by atoms with Gasteiger partial charge in [0.2, 0.25) is 0 Å². The smallest absolute Gasteiger partial charge is 0.159 e. The molecular weight excluding hydrogens is 226 g/mol. The summed E-state index contributed by atoms with van der Waals surface area (Å²) < 4.78 is 11.4. The molecule has 0 bridgehead atoms. The van der Waals surface area contributed by atoms with E-state index in [1.54, 1.807) is 0 Å². The van der Waals surface area contributed by atoms with Crippen molar-refractivity contribution < 1.29 is 9.47 Å². The topological polar surface area (TPSA) is 44.5 Å². The normalized spacial score (nSPS) is 24.4. The van der Waals surface area contributed by atoms with Gasteiger partial charge in [-0.25, -0.2) is 0 Å². The van der Waals surface area contributed by atoms with Gasteiger partial charge >= 0.3 is 0 Å². The summed E-state index contributed by atoms with van der Waals surface area (Å²) >= 11 is 0. The fourth-order valence-corrected chi connectivity index (χ4v) is 2.12. The average Bonchev–Trinajstić information content (AvgIpc) is 2.77. The molecule has 0 radical (unpaired) electrons. The number of hydrogen-bond donors (Lipinski definition) is 1. The molecule has 1 heterocycles. The van der Waals surface area contributed by atoms with Gasteiger partial charge in [0.05, 0.1) is 6.61 Å². The molecule has 3 nitrogen and oxygen atoms in total. The van der Waals surface area contributed by atoms with E-state index in [2.05, 4.69) is 45.0 Å². The fourth-order valence-electron chi connectivity index (χ4n) is 2.12. The third kappa shape index (κ3) is 3.10. The van der Waals surface area contributed by atoms with Gasteiger partial charge in [-0.3, -0.25) is 0 Å². The number of rotatable bonds is 3. The van der Waals surface area contributed by atoms with Crippen molar-refractivity contribution in [1.82, 2.24) is 0 Å². The maximum Gasteiger partial charge on any atom is 0.159 e. The zero-order chi connectivity index (χ0) is 13.2. The first kappa shape index (κ1) is 13.5. The zero-order valence-electron chi connectivity index (χ0n) is 11.5. The van der Waals surface area contributed by atoms with E-state index in [0.717, 1.165) is 6.42 Å². The molecule has 0 aromatic heterocycles. The van der Waals surface area contributed by atoms with Gasteiger partial charge < -0.3 is 15.2 Å². The molecule has 1 saturated heterocycles. The van der Waals surface area contributed by atoms with Crippen molar-refractivity contribution in [1.29, 1.82) is 0 Å². The van der Waals surface area contributed by atoms with Crippen LogP contribution < -0.4 is 5.73 Å². The number of benzene rings is 1. The molecule has 2 atom stereocenters. The van der Waals surface area contributed by atoms with E-state index in [1.165, 1.54) is 11.1 Å². The molecule has 1 fully saturated rings. The predicted molar refractivity (Wildman–Crippen MR) is 72.4 cm³/mol. The minimum atomic E-state index is -0.137. The van der Waals surface area contributed by atoms with Crippen LogP contribution in [0.4, 0.5) is 0 Å². The van der Waals surface area contributed by atoms with Crippen LogP contribution in [-0.2, 0) is 14.9 Å². The molecule has 1 aliphatic heterocycles. The van der Waals surface area contributed by atoms with Crippen LogP contribution in [0.3, 0.4) is 0 Å². The van der Waals surface area contributed by atoms with E-state index in [0.29, 0.717) is 13.2 Å². The standard InChI is InChI=1S/C15H23NO2/c1-15(2,3)12-6-4-11(5-7-12)13-10-17-14(18-13)8-9-16/h4-7,13-14H,8-10,16H2,1-3H3. The molecule has 100 valence electrons. The lowest BCUT2D eigenvalue weighted by Gasteiger charge is -2.20. The molecule has 18 heavy (non-hydrogen) atoms. The maximum absolute atomic E-state index is 5.81. The van der Waals surface area contributed by atoms with E-state index in [-0.39, 0.29) is 17.8 Å². The number of ether oxygens (including phenoxy) is 2. The summed E-state index contributed by atoms with van der Waals surface area (Å²) in [4.78, 5) is 0. The molecule has 2 rings (SSSR count). The van der Waals surface area contributed by atoms with Crippen molar-refractivity contribution in [2.75, 3.05) is 13.2 Å². The molecule has 2 unspecified atom stereocenters. The highest BCUT2D eigenvalue weighted by molar-refractivity contribution is 5.29. The summed E-state index contributed by atoms with van der Waals surface area (Å²) in [6.07, 6.45) is 0.675. The Balaban J connectivity index is 2.03. The van der Waals surface area contributed by atoms with Gasteiger partial charge in [-0.15, -0.1) is 0 Å². The van der Waals surface area contributed by atoms with Gasteiger partial charge in [-0.05, 0) is 23.1 Å². The molecule has 3 heteroatoms. The number of nitrogens with two attached hydrogens (primary N) is 1. The van der Waals surface area contributed by atoms with Crippen molar-refractivity contribution >= 4 is 0 Å². The monoisotopic (exact) mass is 249 g/mol. The molecule has 0 amide bonds. The predicted octanol–water partition coefficient (Wildman–Crippen LogP) is 2.75. The van der Waals surface area contributed by atoms with E-state index in [9.17, 15) is 0 Å². The van der Waals surface area contributed by atoms with Crippen molar-refractivity contribution in [3.63, 3.8) is 0 Å². The second kappa shape index (κ2) is 5.39. The molecule has 1 aromatic rings. The van der Waals surface area contributed by atoms with Crippen molar-refractivity contribution in [3.05, 3.63) is 35.4 Å². The molecule has 0 saturated carbocycles. The molecular formula is C15H23NO2. The minimum absolute atomic E-state index is 0.0515. The van der Waals surface area contributed by atoms with Crippen LogP contribution in [-0.4, -0.2) is 19.4 Å². The summed E-state index contributed by atoms with van der Waals surface area (Å²) in [6, 6.07) is 8.63. The fraction of sp³-hybridized carbons (Fsp3) is 0.600. The van der Waals surface area contributed by atoms with Crippen LogP contribution in [0.5, 0.6) is 0 Å². The SMILES string of the molecule is CC(C)(C)c1ccc(C2COC(CCN)O2)cc1. The lowest BCUT2D eigenvalue weighted by Crippen LogP contribution is -2.14. The Morgan fingerprint density at radius 3 is 2.44 bits per heavy atom. The average molecular weight is 249 g/mol. The Morgan fingerprint density at radius 2 is 1.89 bits per heavy atom. The lowest BCUT2D eigenvalue weighted by atomic mass is 9.86. The molecule has 2 N–H and O–H groups in total. The summed E-state index contributed by atoms with van der Waals surface area (Å²) in [5.74, 6) is 0. The van der Waals surface area contributed by atoms with Crippen LogP contribution in [0.1, 0.15) is 44.4 Å². The summed E-state index contributed by atoms with van der Waals surface area (Å²) in [5, 5.41) is 0. The van der Waals surface area contributed by atoms with Gasteiger partial charge in [-0.2, -0.15) is 0 Å². The van der Waals surface area contributed by atoms with Crippen LogP contribution in [0.25, 0.3) is 0 Å². The Bertz CT molecular complexity index is 380. The first-order valence-electron chi connectivity index (χ1n) is 6.58. The van der Waals surface area contributed by atoms with Gasteiger partial charge in [-0.1, -0.05) is 45.0 Å². The first-order chi connectivity index (χ1) is 8.50. The molecule has 1 aliphatic rings. The zero-order valence-corrected chi connectivity index (χ0v) is 11.5. The van der Waals surface area contributed by atoms with Gasteiger partial charge in [0.15, 0.2) is 6.29 Å². The Kier molecular flexibility index (Phi) is 4.05. The van der Waals surface area contributed by atoms with E-state index in [4.69, 9.17) is 15.2 Å². The molecule has 0 aliphatic carbocycles. The van der Waals surface area contributed by atoms with Crippen LogP contribution in [0.2, 0.25) is 0 Å². The van der Waals surface area contributed by atoms with Crippen molar-refractivity contribution in [2.24, 2.45) is 5.73 Å². The molecule has 0 spiro atoms. The highest BCUT2D eigenvalue weighted by atomic mass is 16.7. The van der Waals surface area contributed by atoms with Gasteiger partial charge in [0.25, 0.3) is 0 Å². The lowest BCUT2D eigenvalue weighted by molar-refractivity contribution is -0.0606. The second-order valence-electron chi connectivity index (χ2n) is 5.84. The Hall–Kier alpha value is -0.900. The summed E-state index contributed by atoms with van der Waals surface area (Å²) in [5.41, 5.74) is 8.21. The highest BCUT2D eigenvalue weighted by Crippen LogP contribution is 2.29. The van der Waals surface area contributed by atoms with Crippen LogP contribution in [0, 0.1) is 0 Å². The highest BCUT2D eigenvalue weighted by Gasteiger charge is 2.26. The van der Waals surface area contributed by atoms with Crippen molar-refractivity contribution in [3.8, 4) is 0 Å². The van der Waals surface area contributed by atoms with Gasteiger partial charge in [0.1, 0.15) is 6.10 Å². The number of hydrogen-bond acceptors (Lipinski definition) is 3. The third-order valence-corrected chi connectivity index (χ3v) is 3.30. The summed E-state index contributed by atoms with van der Waals surface area (Å²) in [7, 11) is 0. The summed E-state index contributed by atoms with van der Waals surface area (Å²) in [6.45, 7) is 7.87. The largest absolute Gasteiger partial charge is 0.350 e. The second-order valence-corrected chi connectivity index (χ2v) is 5.84. The van der Waals surface area contributed by atoms with Crippen LogP contribution >= 0.6 is 0 Å². The Morgan fingerprint density at radius 1 is 1.22 bits per heavy atom. The van der Waals surface area contributed by atoms with E-state index in [1.807, 2.05) is 0 Å². The van der Waals surface area contributed by atoms with E-state index < -0.39 is 0 Å². The minimum Gasteiger partial charge on any atom is -0.350 e. The van der Waals surface area contributed by atoms with E-state index >= 15 is 0 Å². The maximum atomic E-state index is 5.81. The Labute approximate surface area is 109 Å². The van der Waals surface area contributed by atoms with Crippen LogP contribution in [0.15, 0.2) is 24.3 Å². The van der Waals surface area contributed by atoms with Gasteiger partial charge in [0, 0.05) is 6.42 Å². The quantitative estimate of drug-likeness (QED) is 0.896. The molecule has 1 aromatic carbocycles. The first-order valence-corrected chi connectivity index (χ1v) is 6.58. The van der Waals surface area contributed by atoms with Crippen molar-refractivity contribution in [2.45, 2.75) is 45.0 Å².